The van der Waals surface area contributed by atoms with Crippen LogP contribution in [0.2, 0.25) is 0 Å². The SMILES string of the molecule is CC1=C(C(=O)N(C)C)[C@H](c2cccc(F)c2)NC(=S)N1c1cccc(C)c1. The summed E-state index contributed by atoms with van der Waals surface area (Å²) in [7, 11) is 3.41. The van der Waals surface area contributed by atoms with Gasteiger partial charge in [-0.15, -0.1) is 0 Å². The number of halogens is 1. The number of amides is 1. The summed E-state index contributed by atoms with van der Waals surface area (Å²) in [5, 5.41) is 3.70. The number of hydrogen-bond acceptors (Lipinski definition) is 2. The van der Waals surface area contributed by atoms with Gasteiger partial charge in [-0.2, -0.15) is 0 Å². The van der Waals surface area contributed by atoms with Crippen molar-refractivity contribution in [3.05, 3.63) is 76.7 Å². The molecule has 0 saturated heterocycles. The summed E-state index contributed by atoms with van der Waals surface area (Å²) in [5.74, 6) is -0.495. The van der Waals surface area contributed by atoms with Gasteiger partial charge in [0, 0.05) is 25.5 Å². The molecule has 140 valence electrons. The van der Waals surface area contributed by atoms with E-state index in [9.17, 15) is 9.18 Å². The van der Waals surface area contributed by atoms with Gasteiger partial charge >= 0.3 is 0 Å². The fourth-order valence-electron chi connectivity index (χ4n) is 3.28. The molecule has 0 saturated carbocycles. The summed E-state index contributed by atoms with van der Waals surface area (Å²) < 4.78 is 13.8. The fourth-order valence-corrected chi connectivity index (χ4v) is 3.64. The third-order valence-electron chi connectivity index (χ3n) is 4.56. The molecule has 0 fully saturated rings. The second kappa shape index (κ2) is 7.48. The maximum atomic E-state index is 13.8. The minimum atomic E-state index is -0.510. The highest BCUT2D eigenvalue weighted by atomic mass is 32.1. The number of thiocarbonyl (C=S) groups is 1. The smallest absolute Gasteiger partial charge is 0.253 e. The summed E-state index contributed by atoms with van der Waals surface area (Å²) in [6, 6.07) is 13.6. The molecule has 4 nitrogen and oxygen atoms in total. The largest absolute Gasteiger partial charge is 0.351 e. The van der Waals surface area contributed by atoms with Gasteiger partial charge in [-0.25, -0.2) is 4.39 Å². The number of benzene rings is 2. The quantitative estimate of drug-likeness (QED) is 0.815. The Kier molecular flexibility index (Phi) is 5.28. The zero-order valence-corrected chi connectivity index (χ0v) is 16.6. The first-order valence-electron chi connectivity index (χ1n) is 8.64. The number of hydrogen-bond donors (Lipinski definition) is 1. The van der Waals surface area contributed by atoms with Crippen LogP contribution in [0.3, 0.4) is 0 Å². The first-order chi connectivity index (χ1) is 12.8. The molecule has 3 rings (SSSR count). The minimum Gasteiger partial charge on any atom is -0.351 e. The summed E-state index contributed by atoms with van der Waals surface area (Å²) >= 11 is 5.61. The van der Waals surface area contributed by atoms with Crippen LogP contribution >= 0.6 is 12.2 Å². The van der Waals surface area contributed by atoms with Gasteiger partial charge in [0.1, 0.15) is 5.82 Å². The van der Waals surface area contributed by atoms with Crippen molar-refractivity contribution >= 4 is 28.9 Å². The van der Waals surface area contributed by atoms with Crippen LogP contribution in [-0.4, -0.2) is 30.0 Å². The Morgan fingerprint density at radius 2 is 1.85 bits per heavy atom. The number of nitrogens with zero attached hydrogens (tertiary/aromatic N) is 2. The second-order valence-corrected chi connectivity index (χ2v) is 7.20. The van der Waals surface area contributed by atoms with Crippen LogP contribution in [0.4, 0.5) is 10.1 Å². The van der Waals surface area contributed by atoms with Crippen LogP contribution in [0, 0.1) is 12.7 Å². The number of nitrogens with one attached hydrogen (secondary N) is 1. The molecule has 0 bridgehead atoms. The van der Waals surface area contributed by atoms with Gasteiger partial charge in [0.05, 0.1) is 11.6 Å². The summed E-state index contributed by atoms with van der Waals surface area (Å²) in [6.45, 7) is 3.88. The molecule has 0 radical (unpaired) electrons. The minimum absolute atomic E-state index is 0.144. The van der Waals surface area contributed by atoms with E-state index in [1.54, 1.807) is 26.2 Å². The van der Waals surface area contributed by atoms with Gasteiger partial charge in [0.2, 0.25) is 0 Å². The number of anilines is 1. The second-order valence-electron chi connectivity index (χ2n) is 6.81. The van der Waals surface area contributed by atoms with Crippen LogP contribution in [0.5, 0.6) is 0 Å². The summed E-state index contributed by atoms with van der Waals surface area (Å²) in [6.07, 6.45) is 0. The van der Waals surface area contributed by atoms with Crippen molar-refractivity contribution in [3.8, 4) is 0 Å². The van der Waals surface area contributed by atoms with E-state index < -0.39 is 6.04 Å². The molecular formula is C21H22FN3OS. The van der Waals surface area contributed by atoms with Crippen molar-refractivity contribution in [2.75, 3.05) is 19.0 Å². The van der Waals surface area contributed by atoms with Crippen molar-refractivity contribution in [2.24, 2.45) is 0 Å². The number of carbonyl (C=O) groups excluding carboxylic acids is 1. The van der Waals surface area contributed by atoms with Crippen molar-refractivity contribution < 1.29 is 9.18 Å². The third kappa shape index (κ3) is 3.71. The van der Waals surface area contributed by atoms with Gasteiger partial charge in [-0.1, -0.05) is 24.3 Å². The number of likely N-dealkylation sites (N-methyl/N-ethyl adjacent to an activating group) is 1. The van der Waals surface area contributed by atoms with E-state index in [1.807, 2.05) is 43.0 Å². The van der Waals surface area contributed by atoms with Crippen LogP contribution in [-0.2, 0) is 4.79 Å². The zero-order chi connectivity index (χ0) is 19.7. The average molecular weight is 383 g/mol. The normalized spacial score (nSPS) is 17.0. The molecule has 2 aromatic rings. The molecule has 6 heteroatoms. The molecule has 1 heterocycles. The standard InChI is InChI=1S/C21H22FN3OS/c1-13-7-5-10-17(11-13)25-14(2)18(20(26)24(3)4)19(23-21(25)27)15-8-6-9-16(22)12-15/h5-12,19H,1-4H3,(H,23,27)/t19-/m0/s1. The molecule has 1 aliphatic heterocycles. The molecule has 1 aliphatic rings. The number of carbonyl (C=O) groups is 1. The van der Waals surface area contributed by atoms with E-state index in [4.69, 9.17) is 12.2 Å². The van der Waals surface area contributed by atoms with Crippen molar-refractivity contribution in [1.82, 2.24) is 10.2 Å². The predicted octanol–water partition coefficient (Wildman–Crippen LogP) is 3.93. The Morgan fingerprint density at radius 1 is 1.15 bits per heavy atom. The lowest BCUT2D eigenvalue weighted by molar-refractivity contribution is -0.125. The number of allylic oxidation sites excluding steroid dienone is 1. The van der Waals surface area contributed by atoms with Crippen molar-refractivity contribution in [3.63, 3.8) is 0 Å². The molecule has 0 unspecified atom stereocenters. The van der Waals surface area contributed by atoms with Gasteiger partial charge in [0.15, 0.2) is 5.11 Å². The highest BCUT2D eigenvalue weighted by molar-refractivity contribution is 7.80. The van der Waals surface area contributed by atoms with E-state index in [0.29, 0.717) is 16.2 Å². The van der Waals surface area contributed by atoms with E-state index in [-0.39, 0.29) is 11.7 Å². The van der Waals surface area contributed by atoms with Crippen LogP contribution in [0.1, 0.15) is 24.1 Å². The Labute approximate surface area is 164 Å². The fraction of sp³-hybridized carbons (Fsp3) is 0.238. The van der Waals surface area contributed by atoms with Crippen LogP contribution in [0.15, 0.2) is 59.8 Å². The van der Waals surface area contributed by atoms with Crippen molar-refractivity contribution in [1.29, 1.82) is 0 Å². The predicted molar refractivity (Wildman–Crippen MR) is 110 cm³/mol. The first-order valence-corrected chi connectivity index (χ1v) is 9.05. The Hall–Kier alpha value is -2.73. The Balaban J connectivity index is 2.18. The van der Waals surface area contributed by atoms with E-state index in [2.05, 4.69) is 5.32 Å². The van der Waals surface area contributed by atoms with E-state index >= 15 is 0 Å². The Bertz CT molecular complexity index is 939. The summed E-state index contributed by atoms with van der Waals surface area (Å²) in [5.41, 5.74) is 3.91. The van der Waals surface area contributed by atoms with Gasteiger partial charge in [-0.3, -0.25) is 9.69 Å². The maximum Gasteiger partial charge on any atom is 0.253 e. The third-order valence-corrected chi connectivity index (χ3v) is 4.86. The summed E-state index contributed by atoms with van der Waals surface area (Å²) in [4.78, 5) is 16.4. The van der Waals surface area contributed by atoms with Crippen LogP contribution < -0.4 is 10.2 Å². The molecule has 1 N–H and O–H groups in total. The number of aryl methyl sites for hydroxylation is 1. The average Bonchev–Trinajstić information content (AvgIpc) is 2.60. The molecule has 27 heavy (non-hydrogen) atoms. The monoisotopic (exact) mass is 383 g/mol. The molecule has 0 aliphatic carbocycles. The first kappa shape index (κ1) is 19.0. The molecule has 1 amide bonds. The maximum absolute atomic E-state index is 13.8. The lowest BCUT2D eigenvalue weighted by Gasteiger charge is -2.38. The van der Waals surface area contributed by atoms with E-state index in [1.165, 1.54) is 17.0 Å². The Morgan fingerprint density at radius 3 is 2.48 bits per heavy atom. The highest BCUT2D eigenvalue weighted by Crippen LogP contribution is 2.34. The lowest BCUT2D eigenvalue weighted by atomic mass is 9.93. The van der Waals surface area contributed by atoms with Gasteiger partial charge < -0.3 is 10.2 Å². The van der Waals surface area contributed by atoms with Gasteiger partial charge in [0.25, 0.3) is 5.91 Å². The van der Waals surface area contributed by atoms with Gasteiger partial charge in [-0.05, 0) is 61.5 Å². The molecular weight excluding hydrogens is 361 g/mol. The highest BCUT2D eigenvalue weighted by Gasteiger charge is 2.35. The zero-order valence-electron chi connectivity index (χ0n) is 15.8. The molecule has 0 aromatic heterocycles. The van der Waals surface area contributed by atoms with Crippen LogP contribution in [0.25, 0.3) is 0 Å². The van der Waals surface area contributed by atoms with E-state index in [0.717, 1.165) is 16.9 Å². The lowest BCUT2D eigenvalue weighted by Crippen LogP contribution is -2.49. The molecule has 1 atom stereocenters. The van der Waals surface area contributed by atoms with Crippen molar-refractivity contribution in [2.45, 2.75) is 19.9 Å². The molecule has 2 aromatic carbocycles. The topological polar surface area (TPSA) is 35.6 Å². The molecule has 0 spiro atoms. The number of rotatable bonds is 3.